The van der Waals surface area contributed by atoms with Crippen molar-refractivity contribution in [2.45, 2.75) is 12.5 Å². The zero-order valence-electron chi connectivity index (χ0n) is 11.3. The Labute approximate surface area is 129 Å². The van der Waals surface area contributed by atoms with E-state index in [2.05, 4.69) is 15.3 Å². The van der Waals surface area contributed by atoms with E-state index in [-0.39, 0.29) is 17.4 Å². The molecule has 0 bridgehead atoms. The Morgan fingerprint density at radius 1 is 1.27 bits per heavy atom. The summed E-state index contributed by atoms with van der Waals surface area (Å²) in [6.45, 7) is 0.211. The van der Waals surface area contributed by atoms with Crippen molar-refractivity contribution < 1.29 is 13.6 Å². The molecule has 114 valence electrons. The van der Waals surface area contributed by atoms with Crippen LogP contribution in [0.3, 0.4) is 0 Å². The fraction of sp³-hybridized carbons (Fsp3) is 0.214. The van der Waals surface area contributed by atoms with Crippen molar-refractivity contribution in [2.24, 2.45) is 0 Å². The van der Waals surface area contributed by atoms with Gasteiger partial charge in [-0.15, -0.1) is 0 Å². The number of nitrogens with zero attached hydrogens (tertiary/aromatic N) is 3. The van der Waals surface area contributed by atoms with Gasteiger partial charge in [0.15, 0.2) is 0 Å². The van der Waals surface area contributed by atoms with E-state index in [0.717, 1.165) is 17.0 Å². The summed E-state index contributed by atoms with van der Waals surface area (Å²) in [5.74, 6) is -1.62. The Kier molecular flexibility index (Phi) is 3.89. The lowest BCUT2D eigenvalue weighted by Crippen LogP contribution is -2.34. The lowest BCUT2D eigenvalue weighted by molar-refractivity contribution is -0.117. The third kappa shape index (κ3) is 2.71. The van der Waals surface area contributed by atoms with Crippen LogP contribution in [0.25, 0.3) is 0 Å². The van der Waals surface area contributed by atoms with Gasteiger partial charge in [-0.25, -0.2) is 13.8 Å². The van der Waals surface area contributed by atoms with Crippen LogP contribution in [0.2, 0.25) is 5.15 Å². The molecule has 22 heavy (non-hydrogen) atoms. The number of hydrogen-bond donors (Lipinski definition) is 1. The third-order valence-corrected chi connectivity index (χ3v) is 3.52. The highest BCUT2D eigenvalue weighted by molar-refractivity contribution is 6.29. The number of aromatic nitrogens is 2. The number of amides is 1. The predicted octanol–water partition coefficient (Wildman–Crippen LogP) is 2.63. The van der Waals surface area contributed by atoms with E-state index < -0.39 is 23.6 Å². The fourth-order valence-electron chi connectivity index (χ4n) is 2.37. The zero-order valence-corrected chi connectivity index (χ0v) is 12.0. The van der Waals surface area contributed by atoms with E-state index in [0.29, 0.717) is 12.2 Å². The molecule has 0 saturated carbocycles. The first-order valence-corrected chi connectivity index (χ1v) is 6.93. The highest BCUT2D eigenvalue weighted by Crippen LogP contribution is 2.28. The SMILES string of the molecule is O=C1C(Nc2cncc(Cl)n2)CCN1c1c(F)cccc1F. The molecule has 3 rings (SSSR count). The van der Waals surface area contributed by atoms with Crippen molar-refractivity contribution in [2.75, 3.05) is 16.8 Å². The van der Waals surface area contributed by atoms with Crippen LogP contribution in [0, 0.1) is 11.6 Å². The standard InChI is InChI=1S/C14H11ClF2N4O/c15-11-6-18-7-12(20-11)19-10-4-5-21(14(10)22)13-8(16)2-1-3-9(13)17/h1-3,6-7,10H,4-5H2,(H,19,20). The summed E-state index contributed by atoms with van der Waals surface area (Å²) in [6.07, 6.45) is 3.18. The van der Waals surface area contributed by atoms with Gasteiger partial charge >= 0.3 is 0 Å². The number of carbonyl (C=O) groups is 1. The van der Waals surface area contributed by atoms with Gasteiger partial charge in [-0.1, -0.05) is 17.7 Å². The number of anilines is 2. The van der Waals surface area contributed by atoms with Crippen LogP contribution in [-0.4, -0.2) is 28.5 Å². The molecule has 2 heterocycles. The molecule has 2 aromatic rings. The van der Waals surface area contributed by atoms with Crippen molar-refractivity contribution in [3.05, 3.63) is 47.4 Å². The second-order valence-corrected chi connectivity index (χ2v) is 5.16. The largest absolute Gasteiger partial charge is 0.357 e. The molecule has 1 amide bonds. The maximum atomic E-state index is 13.8. The minimum Gasteiger partial charge on any atom is -0.357 e. The average molecular weight is 325 g/mol. The quantitative estimate of drug-likeness (QED) is 0.943. The number of para-hydroxylation sites is 1. The van der Waals surface area contributed by atoms with Gasteiger partial charge in [-0.2, -0.15) is 0 Å². The number of carbonyl (C=O) groups excluding carboxylic acids is 1. The number of rotatable bonds is 3. The van der Waals surface area contributed by atoms with Crippen LogP contribution in [0.5, 0.6) is 0 Å². The molecule has 1 fully saturated rings. The van der Waals surface area contributed by atoms with Gasteiger partial charge in [-0.05, 0) is 18.6 Å². The van der Waals surface area contributed by atoms with Gasteiger partial charge in [0.1, 0.15) is 34.3 Å². The van der Waals surface area contributed by atoms with E-state index in [1.807, 2.05) is 0 Å². The van der Waals surface area contributed by atoms with Crippen molar-refractivity contribution >= 4 is 29.0 Å². The molecule has 5 nitrogen and oxygen atoms in total. The maximum absolute atomic E-state index is 13.8. The van der Waals surface area contributed by atoms with Crippen LogP contribution in [0.1, 0.15) is 6.42 Å². The summed E-state index contributed by atoms with van der Waals surface area (Å²) in [5.41, 5.74) is -0.325. The molecule has 0 radical (unpaired) electrons. The van der Waals surface area contributed by atoms with E-state index in [1.54, 1.807) is 0 Å². The molecule has 1 aliphatic heterocycles. The van der Waals surface area contributed by atoms with Crippen molar-refractivity contribution in [3.63, 3.8) is 0 Å². The summed E-state index contributed by atoms with van der Waals surface area (Å²) in [5, 5.41) is 3.06. The highest BCUT2D eigenvalue weighted by atomic mass is 35.5. The number of benzene rings is 1. The lowest BCUT2D eigenvalue weighted by atomic mass is 10.2. The molecule has 0 aliphatic carbocycles. The molecule has 1 unspecified atom stereocenters. The predicted molar refractivity (Wildman–Crippen MR) is 77.8 cm³/mol. The molecule has 1 saturated heterocycles. The van der Waals surface area contributed by atoms with Gasteiger partial charge in [-0.3, -0.25) is 9.78 Å². The Morgan fingerprint density at radius 2 is 2.00 bits per heavy atom. The van der Waals surface area contributed by atoms with Crippen LogP contribution < -0.4 is 10.2 Å². The smallest absolute Gasteiger partial charge is 0.249 e. The Bertz CT molecular complexity index is 707. The van der Waals surface area contributed by atoms with E-state index in [9.17, 15) is 13.6 Å². The summed E-state index contributed by atoms with van der Waals surface area (Å²) >= 11 is 5.72. The maximum Gasteiger partial charge on any atom is 0.249 e. The second kappa shape index (κ2) is 5.84. The average Bonchev–Trinajstić information content (AvgIpc) is 2.81. The van der Waals surface area contributed by atoms with Gasteiger partial charge in [0.05, 0.1) is 12.4 Å². The van der Waals surface area contributed by atoms with Crippen LogP contribution in [0.4, 0.5) is 20.3 Å². The molecule has 1 aromatic carbocycles. The molecule has 1 aliphatic rings. The molecule has 0 spiro atoms. The first-order valence-electron chi connectivity index (χ1n) is 6.56. The van der Waals surface area contributed by atoms with Gasteiger partial charge in [0, 0.05) is 6.54 Å². The van der Waals surface area contributed by atoms with E-state index in [4.69, 9.17) is 11.6 Å². The number of hydrogen-bond acceptors (Lipinski definition) is 4. The molecular formula is C14H11ClF2N4O. The molecule has 1 N–H and O–H groups in total. The molecule has 1 aromatic heterocycles. The van der Waals surface area contributed by atoms with Gasteiger partial charge in [0.25, 0.3) is 0 Å². The Hall–Kier alpha value is -2.28. The van der Waals surface area contributed by atoms with Crippen LogP contribution >= 0.6 is 11.6 Å². The van der Waals surface area contributed by atoms with Crippen molar-refractivity contribution in [1.82, 2.24) is 9.97 Å². The first-order chi connectivity index (χ1) is 10.6. The van der Waals surface area contributed by atoms with Crippen molar-refractivity contribution in [3.8, 4) is 0 Å². The van der Waals surface area contributed by atoms with Gasteiger partial charge < -0.3 is 10.2 Å². The number of halogens is 3. The monoisotopic (exact) mass is 324 g/mol. The molecule has 8 heteroatoms. The fourth-order valence-corrected chi connectivity index (χ4v) is 2.52. The van der Waals surface area contributed by atoms with Crippen LogP contribution in [0.15, 0.2) is 30.6 Å². The Morgan fingerprint density at radius 3 is 2.68 bits per heavy atom. The normalized spacial score (nSPS) is 17.9. The second-order valence-electron chi connectivity index (χ2n) is 4.77. The van der Waals surface area contributed by atoms with Crippen molar-refractivity contribution in [1.29, 1.82) is 0 Å². The Balaban J connectivity index is 1.81. The molecule has 1 atom stereocenters. The summed E-state index contributed by atoms with van der Waals surface area (Å²) in [6, 6.07) is 2.86. The molecular weight excluding hydrogens is 314 g/mol. The summed E-state index contributed by atoms with van der Waals surface area (Å²) in [7, 11) is 0. The van der Waals surface area contributed by atoms with E-state index >= 15 is 0 Å². The van der Waals surface area contributed by atoms with E-state index in [1.165, 1.54) is 18.5 Å². The lowest BCUT2D eigenvalue weighted by Gasteiger charge is -2.18. The minimum atomic E-state index is -0.767. The zero-order chi connectivity index (χ0) is 15.7. The van der Waals surface area contributed by atoms with Gasteiger partial charge in [0.2, 0.25) is 5.91 Å². The van der Waals surface area contributed by atoms with Crippen LogP contribution in [-0.2, 0) is 4.79 Å². The highest BCUT2D eigenvalue weighted by Gasteiger charge is 2.35. The summed E-state index contributed by atoms with van der Waals surface area (Å²) in [4.78, 5) is 21.3. The summed E-state index contributed by atoms with van der Waals surface area (Å²) < 4.78 is 27.6. The third-order valence-electron chi connectivity index (χ3n) is 3.34. The first kappa shape index (κ1) is 14.6. The number of nitrogens with one attached hydrogen (secondary N) is 1. The topological polar surface area (TPSA) is 58.1 Å². The minimum absolute atomic E-state index is 0.187.